The molecule has 0 fully saturated rings. The molecule has 0 radical (unpaired) electrons. The summed E-state index contributed by atoms with van der Waals surface area (Å²) in [6.45, 7) is 33.9. The molecule has 1 heteroatoms. The molecular formula is C25H51N. The molecule has 1 nitrogen and oxygen atoms in total. The van der Waals surface area contributed by atoms with Gasteiger partial charge in [0, 0.05) is 17.4 Å². The molecule has 0 bridgehead atoms. The standard InChI is InChI=1S/C19H35N.C4H10.C2H6/c1-11(2)16-17(12(3)4)19(14(7)8)20(15(9)10)18(16)13(5)6;1-4(2)3;1-2/h11-15H,1-10H3;4H,1-3H3;1-2H3. The molecule has 0 atom stereocenters. The van der Waals surface area contributed by atoms with E-state index in [1.807, 2.05) is 13.8 Å². The average molecular weight is 366 g/mol. The van der Waals surface area contributed by atoms with Gasteiger partial charge in [0.25, 0.3) is 0 Å². The Kier molecular flexibility index (Phi) is 13.4. The van der Waals surface area contributed by atoms with Crippen LogP contribution in [0.3, 0.4) is 0 Å². The van der Waals surface area contributed by atoms with Crippen molar-refractivity contribution in [3.8, 4) is 0 Å². The fraction of sp³-hybridized carbons (Fsp3) is 0.840. The second-order valence-electron chi connectivity index (χ2n) is 9.41. The Morgan fingerprint density at radius 3 is 0.808 bits per heavy atom. The monoisotopic (exact) mass is 365 g/mol. The van der Waals surface area contributed by atoms with Crippen LogP contribution in [0, 0.1) is 5.92 Å². The van der Waals surface area contributed by atoms with E-state index < -0.39 is 0 Å². The van der Waals surface area contributed by atoms with Gasteiger partial charge in [-0.15, -0.1) is 0 Å². The van der Waals surface area contributed by atoms with Crippen molar-refractivity contribution in [2.24, 2.45) is 5.92 Å². The van der Waals surface area contributed by atoms with E-state index in [0.29, 0.717) is 29.7 Å². The van der Waals surface area contributed by atoms with Crippen molar-refractivity contribution < 1.29 is 0 Å². The van der Waals surface area contributed by atoms with Crippen molar-refractivity contribution in [2.45, 2.75) is 134 Å². The molecule has 0 unspecified atom stereocenters. The Morgan fingerprint density at radius 1 is 0.462 bits per heavy atom. The predicted molar refractivity (Wildman–Crippen MR) is 123 cm³/mol. The van der Waals surface area contributed by atoms with Crippen molar-refractivity contribution in [1.29, 1.82) is 0 Å². The molecule has 0 saturated heterocycles. The fourth-order valence-electron chi connectivity index (χ4n) is 3.61. The summed E-state index contributed by atoms with van der Waals surface area (Å²) in [7, 11) is 0. The number of nitrogens with zero attached hydrogens (tertiary/aromatic N) is 1. The lowest BCUT2D eigenvalue weighted by molar-refractivity contribution is 0.520. The summed E-state index contributed by atoms with van der Waals surface area (Å²) < 4.78 is 2.64. The first-order chi connectivity index (χ1) is 11.8. The normalized spacial score (nSPS) is 11.4. The van der Waals surface area contributed by atoms with Gasteiger partial charge in [-0.25, -0.2) is 0 Å². The quantitative estimate of drug-likeness (QED) is 0.490. The molecule has 1 heterocycles. The van der Waals surface area contributed by atoms with Crippen molar-refractivity contribution in [3.63, 3.8) is 0 Å². The molecule has 0 saturated carbocycles. The predicted octanol–water partition coefficient (Wildman–Crippen LogP) is 9.25. The van der Waals surface area contributed by atoms with E-state index in [9.17, 15) is 0 Å². The van der Waals surface area contributed by atoms with Gasteiger partial charge in [0.1, 0.15) is 0 Å². The topological polar surface area (TPSA) is 4.93 Å². The highest BCUT2D eigenvalue weighted by Crippen LogP contribution is 2.42. The van der Waals surface area contributed by atoms with E-state index in [1.165, 1.54) is 0 Å². The van der Waals surface area contributed by atoms with Crippen molar-refractivity contribution in [1.82, 2.24) is 4.57 Å². The zero-order valence-electron chi connectivity index (χ0n) is 20.9. The minimum absolute atomic E-state index is 0.537. The van der Waals surface area contributed by atoms with Gasteiger partial charge in [-0.05, 0) is 54.6 Å². The maximum Gasteiger partial charge on any atom is 0.0279 e. The maximum atomic E-state index is 2.64. The largest absolute Gasteiger partial charge is 0.345 e. The van der Waals surface area contributed by atoms with Gasteiger partial charge in [-0.2, -0.15) is 0 Å². The second-order valence-corrected chi connectivity index (χ2v) is 9.41. The van der Waals surface area contributed by atoms with Crippen LogP contribution in [0.25, 0.3) is 0 Å². The highest BCUT2D eigenvalue weighted by atomic mass is 15.0. The van der Waals surface area contributed by atoms with Gasteiger partial charge in [-0.3, -0.25) is 0 Å². The van der Waals surface area contributed by atoms with E-state index in [-0.39, 0.29) is 0 Å². The highest BCUT2D eigenvalue weighted by molar-refractivity contribution is 5.46. The van der Waals surface area contributed by atoms with E-state index in [2.05, 4.69) is 94.6 Å². The zero-order chi connectivity index (χ0) is 21.4. The minimum Gasteiger partial charge on any atom is -0.345 e. The first kappa shape index (κ1) is 27.5. The molecule has 0 amide bonds. The van der Waals surface area contributed by atoms with E-state index in [4.69, 9.17) is 0 Å². The Labute approximate surface area is 167 Å². The summed E-state index contributed by atoms with van der Waals surface area (Å²) in [4.78, 5) is 0. The molecule has 1 rings (SSSR count). The highest BCUT2D eigenvalue weighted by Gasteiger charge is 2.29. The molecule has 0 aliphatic heterocycles. The molecule has 1 aromatic heterocycles. The van der Waals surface area contributed by atoms with Crippen LogP contribution < -0.4 is 0 Å². The smallest absolute Gasteiger partial charge is 0.0279 e. The third-order valence-electron chi connectivity index (χ3n) is 4.13. The molecular weight excluding hydrogens is 314 g/mol. The van der Waals surface area contributed by atoms with Gasteiger partial charge in [0.05, 0.1) is 0 Å². The Bertz CT molecular complexity index is 367. The number of hydrogen-bond donors (Lipinski definition) is 0. The van der Waals surface area contributed by atoms with Gasteiger partial charge in [0.15, 0.2) is 0 Å². The summed E-state index contributed by atoms with van der Waals surface area (Å²) in [6, 6.07) is 0.537. The van der Waals surface area contributed by atoms with Crippen LogP contribution in [0.15, 0.2) is 0 Å². The first-order valence-corrected chi connectivity index (χ1v) is 11.1. The summed E-state index contributed by atoms with van der Waals surface area (Å²) in [5.74, 6) is 3.20. The van der Waals surface area contributed by atoms with Crippen LogP contribution in [-0.2, 0) is 0 Å². The van der Waals surface area contributed by atoms with Gasteiger partial charge < -0.3 is 4.57 Å². The Balaban J connectivity index is 0. The fourth-order valence-corrected chi connectivity index (χ4v) is 3.61. The van der Waals surface area contributed by atoms with Gasteiger partial charge in [0.2, 0.25) is 0 Å². The van der Waals surface area contributed by atoms with E-state index in [1.54, 1.807) is 22.5 Å². The Hall–Kier alpha value is -0.720. The summed E-state index contributed by atoms with van der Waals surface area (Å²) in [5.41, 5.74) is 6.38. The average Bonchev–Trinajstić information content (AvgIpc) is 2.85. The molecule has 0 aliphatic rings. The van der Waals surface area contributed by atoms with Crippen molar-refractivity contribution >= 4 is 0 Å². The van der Waals surface area contributed by atoms with Crippen LogP contribution in [0.2, 0.25) is 0 Å². The summed E-state index contributed by atoms with van der Waals surface area (Å²) in [6.07, 6.45) is 0. The lowest BCUT2D eigenvalue weighted by Crippen LogP contribution is -2.13. The van der Waals surface area contributed by atoms with Crippen molar-refractivity contribution in [3.05, 3.63) is 22.5 Å². The summed E-state index contributed by atoms with van der Waals surface area (Å²) in [5, 5.41) is 0. The number of rotatable bonds is 5. The van der Waals surface area contributed by atoms with E-state index >= 15 is 0 Å². The second kappa shape index (κ2) is 12.6. The van der Waals surface area contributed by atoms with E-state index in [0.717, 1.165) is 5.92 Å². The van der Waals surface area contributed by atoms with Crippen molar-refractivity contribution in [2.75, 3.05) is 0 Å². The molecule has 156 valence electrons. The SMILES string of the molecule is CC.CC(C)C.CC(C)c1c(C(C)C)c(C(C)C)n(C(C)C)c1C(C)C. The van der Waals surface area contributed by atoms with Crippen LogP contribution in [-0.4, -0.2) is 4.57 Å². The summed E-state index contributed by atoms with van der Waals surface area (Å²) >= 11 is 0. The van der Waals surface area contributed by atoms with Crippen LogP contribution >= 0.6 is 0 Å². The van der Waals surface area contributed by atoms with Crippen LogP contribution in [0.5, 0.6) is 0 Å². The Morgan fingerprint density at radius 2 is 0.692 bits per heavy atom. The molecule has 0 aromatic carbocycles. The van der Waals surface area contributed by atoms with Gasteiger partial charge in [-0.1, -0.05) is 90.0 Å². The lowest BCUT2D eigenvalue weighted by atomic mass is 9.87. The molecule has 1 aromatic rings. The lowest BCUT2D eigenvalue weighted by Gasteiger charge is -2.22. The van der Waals surface area contributed by atoms with Crippen LogP contribution in [0.1, 0.15) is 156 Å². The third kappa shape index (κ3) is 7.49. The van der Waals surface area contributed by atoms with Gasteiger partial charge >= 0.3 is 0 Å². The zero-order valence-corrected chi connectivity index (χ0v) is 20.9. The maximum absolute atomic E-state index is 2.64. The molecule has 0 spiro atoms. The molecule has 26 heavy (non-hydrogen) atoms. The third-order valence-corrected chi connectivity index (χ3v) is 4.13. The first-order valence-electron chi connectivity index (χ1n) is 11.1. The minimum atomic E-state index is 0.537. The number of hydrogen-bond acceptors (Lipinski definition) is 0. The molecule has 0 N–H and O–H groups in total. The van der Waals surface area contributed by atoms with Crippen LogP contribution in [0.4, 0.5) is 0 Å². The number of aromatic nitrogens is 1. The molecule has 0 aliphatic carbocycles.